The molecule has 11 heteroatoms. The predicted molar refractivity (Wildman–Crippen MR) is 126 cm³/mol. The van der Waals surface area contributed by atoms with Crippen LogP contribution in [0.3, 0.4) is 0 Å². The minimum absolute atomic E-state index is 0.0328. The highest BCUT2D eigenvalue weighted by Gasteiger charge is 2.32. The van der Waals surface area contributed by atoms with Gasteiger partial charge < -0.3 is 19.9 Å². The van der Waals surface area contributed by atoms with Crippen molar-refractivity contribution in [3.63, 3.8) is 0 Å². The fourth-order valence-electron chi connectivity index (χ4n) is 3.56. The van der Waals surface area contributed by atoms with Gasteiger partial charge in [-0.3, -0.25) is 9.97 Å². The number of nitrogens with zero attached hydrogens (tertiary/aromatic N) is 6. The molecule has 35 heavy (non-hydrogen) atoms. The molecule has 0 radical (unpaired) electrons. The van der Waals surface area contributed by atoms with E-state index in [1.807, 2.05) is 19.2 Å². The van der Waals surface area contributed by atoms with Crippen LogP contribution >= 0.6 is 0 Å². The number of hydrogen-bond acceptors (Lipinski definition) is 8. The Labute approximate surface area is 201 Å². The van der Waals surface area contributed by atoms with Gasteiger partial charge in [0.15, 0.2) is 0 Å². The fourth-order valence-corrected chi connectivity index (χ4v) is 3.56. The Morgan fingerprint density at radius 3 is 2.37 bits per heavy atom. The van der Waals surface area contributed by atoms with Gasteiger partial charge in [0, 0.05) is 49.7 Å². The molecule has 1 aliphatic rings. The quantitative estimate of drug-likeness (QED) is 0.510. The van der Waals surface area contributed by atoms with E-state index in [0.29, 0.717) is 17.9 Å². The van der Waals surface area contributed by atoms with Crippen LogP contribution in [-0.4, -0.2) is 51.2 Å². The van der Waals surface area contributed by atoms with E-state index < -0.39 is 11.9 Å². The highest BCUT2D eigenvalue weighted by molar-refractivity contribution is 5.45. The number of anilines is 2. The zero-order valence-corrected chi connectivity index (χ0v) is 19.3. The first-order valence-corrected chi connectivity index (χ1v) is 11.1. The number of piperazine rings is 1. The summed E-state index contributed by atoms with van der Waals surface area (Å²) in [5.41, 5.74) is 2.62. The lowest BCUT2D eigenvalue weighted by Crippen LogP contribution is -2.45. The van der Waals surface area contributed by atoms with Gasteiger partial charge in [-0.1, -0.05) is 12.6 Å². The minimum atomic E-state index is -4.47. The van der Waals surface area contributed by atoms with Gasteiger partial charge in [0.05, 0.1) is 24.1 Å². The molecule has 0 saturated carbocycles. The second-order valence-corrected chi connectivity index (χ2v) is 8.17. The zero-order chi connectivity index (χ0) is 24.8. The number of aromatic nitrogens is 4. The van der Waals surface area contributed by atoms with E-state index in [1.165, 1.54) is 6.07 Å². The number of nitrogens with one attached hydrogen (secondary N) is 1. The van der Waals surface area contributed by atoms with Crippen molar-refractivity contribution in [1.82, 2.24) is 25.1 Å². The summed E-state index contributed by atoms with van der Waals surface area (Å²) >= 11 is 0. The van der Waals surface area contributed by atoms with Gasteiger partial charge in [0.1, 0.15) is 18.1 Å². The molecule has 0 amide bonds. The summed E-state index contributed by atoms with van der Waals surface area (Å²) in [6.07, 6.45) is -1.45. The molecule has 4 rings (SSSR count). The van der Waals surface area contributed by atoms with Crippen molar-refractivity contribution in [3.05, 3.63) is 78.0 Å². The summed E-state index contributed by atoms with van der Waals surface area (Å²) in [7, 11) is 0. The average molecular weight is 486 g/mol. The fraction of sp³-hybridized carbons (Fsp3) is 0.333. The Hall–Kier alpha value is -3.89. The largest absolute Gasteiger partial charge is 0.472 e. The second kappa shape index (κ2) is 10.6. The standard InChI is InChI=1S/C24H26F3N7O/c1-17(2)33-9-11-34(12-10-33)20-5-4-19(28-15-20)14-30-22-7-8-23(32-31-22)35-16-18-3-6-21(29-13-18)24(25,26)27/h3-8,13,15H,1,9-12,14,16H2,2H3,(H,30,31). The lowest BCUT2D eigenvalue weighted by Gasteiger charge is -2.37. The highest BCUT2D eigenvalue weighted by Crippen LogP contribution is 2.27. The van der Waals surface area contributed by atoms with E-state index in [0.717, 1.165) is 55.5 Å². The Morgan fingerprint density at radius 2 is 1.80 bits per heavy atom. The molecule has 0 bridgehead atoms. The van der Waals surface area contributed by atoms with Crippen LogP contribution in [0.2, 0.25) is 0 Å². The Kier molecular flexibility index (Phi) is 7.33. The third-order valence-corrected chi connectivity index (χ3v) is 5.59. The smallest absolute Gasteiger partial charge is 0.433 e. The Bertz CT molecular complexity index is 1110. The van der Waals surface area contributed by atoms with Crippen LogP contribution in [0, 0.1) is 0 Å². The molecule has 1 fully saturated rings. The van der Waals surface area contributed by atoms with Crippen LogP contribution in [-0.2, 0) is 19.3 Å². The molecule has 3 aromatic heterocycles. The third kappa shape index (κ3) is 6.58. The molecule has 1 N–H and O–H groups in total. The normalized spacial score (nSPS) is 14.1. The van der Waals surface area contributed by atoms with Crippen molar-refractivity contribution in [2.75, 3.05) is 36.4 Å². The first kappa shape index (κ1) is 24.2. The number of hydrogen-bond donors (Lipinski definition) is 1. The Morgan fingerprint density at radius 1 is 1.00 bits per heavy atom. The first-order chi connectivity index (χ1) is 16.8. The molecule has 0 spiro atoms. The summed E-state index contributed by atoms with van der Waals surface area (Å²) < 4.78 is 43.2. The van der Waals surface area contributed by atoms with Gasteiger partial charge in [-0.05, 0) is 31.2 Å². The van der Waals surface area contributed by atoms with Crippen LogP contribution in [0.25, 0.3) is 0 Å². The van der Waals surface area contributed by atoms with Crippen molar-refractivity contribution < 1.29 is 17.9 Å². The van der Waals surface area contributed by atoms with E-state index >= 15 is 0 Å². The molecular formula is C24H26F3N7O. The van der Waals surface area contributed by atoms with E-state index in [9.17, 15) is 13.2 Å². The molecule has 4 heterocycles. The van der Waals surface area contributed by atoms with Gasteiger partial charge >= 0.3 is 6.18 Å². The van der Waals surface area contributed by atoms with Crippen molar-refractivity contribution in [2.24, 2.45) is 0 Å². The number of halogens is 3. The van der Waals surface area contributed by atoms with Crippen molar-refractivity contribution in [2.45, 2.75) is 26.3 Å². The predicted octanol–water partition coefficient (Wildman–Crippen LogP) is 4.13. The van der Waals surface area contributed by atoms with Crippen molar-refractivity contribution >= 4 is 11.5 Å². The topological polar surface area (TPSA) is 79.3 Å². The molecule has 184 valence electrons. The van der Waals surface area contributed by atoms with Crippen LogP contribution in [0.5, 0.6) is 5.88 Å². The summed E-state index contributed by atoms with van der Waals surface area (Å²) in [5.74, 6) is 0.806. The van der Waals surface area contributed by atoms with E-state index in [1.54, 1.807) is 12.1 Å². The number of rotatable bonds is 8. The second-order valence-electron chi connectivity index (χ2n) is 8.17. The highest BCUT2D eigenvalue weighted by atomic mass is 19.4. The Balaban J connectivity index is 1.23. The third-order valence-electron chi connectivity index (χ3n) is 5.59. The summed E-state index contributed by atoms with van der Waals surface area (Å²) in [6.45, 7) is 10.3. The van der Waals surface area contributed by atoms with Gasteiger partial charge in [0.25, 0.3) is 0 Å². The summed E-state index contributed by atoms with van der Waals surface area (Å²) in [6, 6.07) is 9.63. The number of ether oxygens (including phenoxy) is 1. The molecule has 0 atom stereocenters. The van der Waals surface area contributed by atoms with Gasteiger partial charge in [-0.15, -0.1) is 10.2 Å². The maximum Gasteiger partial charge on any atom is 0.433 e. The van der Waals surface area contributed by atoms with E-state index in [4.69, 9.17) is 4.74 Å². The van der Waals surface area contributed by atoms with Crippen LogP contribution in [0.15, 0.2) is 61.1 Å². The molecule has 1 aliphatic heterocycles. The minimum Gasteiger partial charge on any atom is -0.472 e. The number of allylic oxidation sites excluding steroid dienone is 1. The molecule has 0 aromatic carbocycles. The number of pyridine rings is 2. The van der Waals surface area contributed by atoms with Gasteiger partial charge in [-0.2, -0.15) is 13.2 Å². The van der Waals surface area contributed by atoms with Crippen LogP contribution in [0.4, 0.5) is 24.7 Å². The molecule has 0 unspecified atom stereocenters. The number of alkyl halides is 3. The average Bonchev–Trinajstić information content (AvgIpc) is 2.87. The maximum absolute atomic E-state index is 12.6. The summed E-state index contributed by atoms with van der Waals surface area (Å²) in [5, 5.41) is 11.2. The first-order valence-electron chi connectivity index (χ1n) is 11.1. The molecule has 1 saturated heterocycles. The molecule has 8 nitrogen and oxygen atoms in total. The summed E-state index contributed by atoms with van der Waals surface area (Å²) in [4.78, 5) is 12.5. The molecular weight excluding hydrogens is 459 g/mol. The van der Waals surface area contributed by atoms with Crippen molar-refractivity contribution in [1.29, 1.82) is 0 Å². The lowest BCUT2D eigenvalue weighted by molar-refractivity contribution is -0.141. The monoisotopic (exact) mass is 485 g/mol. The molecule has 0 aliphatic carbocycles. The lowest BCUT2D eigenvalue weighted by atomic mass is 10.2. The van der Waals surface area contributed by atoms with Crippen LogP contribution in [0.1, 0.15) is 23.9 Å². The van der Waals surface area contributed by atoms with Gasteiger partial charge in [-0.25, -0.2) is 0 Å². The van der Waals surface area contributed by atoms with Gasteiger partial charge in [0.2, 0.25) is 5.88 Å². The van der Waals surface area contributed by atoms with Crippen LogP contribution < -0.4 is 15.0 Å². The van der Waals surface area contributed by atoms with E-state index in [2.05, 4.69) is 47.9 Å². The molecule has 3 aromatic rings. The van der Waals surface area contributed by atoms with E-state index in [-0.39, 0.29) is 12.5 Å². The SMILES string of the molecule is C=C(C)N1CCN(c2ccc(CNc3ccc(OCc4ccc(C(F)(F)F)nc4)nn3)nc2)CC1. The van der Waals surface area contributed by atoms with Crippen molar-refractivity contribution in [3.8, 4) is 5.88 Å². The zero-order valence-electron chi connectivity index (χ0n) is 19.3. The maximum atomic E-state index is 12.6.